The fourth-order valence-electron chi connectivity index (χ4n) is 0.752. The third-order valence-corrected chi connectivity index (χ3v) is 1.36. The van der Waals surface area contributed by atoms with Gasteiger partial charge in [0.25, 0.3) is 0 Å². The number of allylic oxidation sites excluding steroid dienone is 1. The van der Waals surface area contributed by atoms with Gasteiger partial charge in [0.05, 0.1) is 5.69 Å². The van der Waals surface area contributed by atoms with Crippen molar-refractivity contribution in [2.75, 3.05) is 0 Å². The van der Waals surface area contributed by atoms with Crippen LogP contribution in [-0.2, 0) is 0 Å². The van der Waals surface area contributed by atoms with E-state index in [1.165, 1.54) is 0 Å². The van der Waals surface area contributed by atoms with E-state index >= 15 is 0 Å². The number of nitrogens with zero attached hydrogens (tertiary/aromatic N) is 1. The highest BCUT2D eigenvalue weighted by atomic mass is 14.7. The maximum atomic E-state index is 4.28. The number of hydrogen-bond donors (Lipinski definition) is 0. The summed E-state index contributed by atoms with van der Waals surface area (Å²) in [4.78, 5) is 4.28. The van der Waals surface area contributed by atoms with E-state index in [0.717, 1.165) is 11.4 Å². The molecule has 0 fully saturated rings. The quantitative estimate of drug-likeness (QED) is 0.567. The van der Waals surface area contributed by atoms with Gasteiger partial charge in [0.15, 0.2) is 0 Å². The van der Waals surface area contributed by atoms with Crippen LogP contribution in [0.2, 0.25) is 0 Å². The second-order valence-electron chi connectivity index (χ2n) is 2.29. The Kier molecular flexibility index (Phi) is 2.61. The molecular weight excluding hydrogens is 134 g/mol. The van der Waals surface area contributed by atoms with Gasteiger partial charge in [-0.3, -0.25) is 4.99 Å². The Balaban J connectivity index is 2.87. The monoisotopic (exact) mass is 145 g/mol. The molecule has 11 heavy (non-hydrogen) atoms. The molecule has 0 spiro atoms. The highest BCUT2D eigenvalue weighted by Gasteiger charge is 1.84. The first-order chi connectivity index (χ1) is 5.33. The standard InChI is InChI=1S/C10H11N/c1-3-9(2)11-10-7-5-4-6-8-10/h3-8H,1H2,2H3. The van der Waals surface area contributed by atoms with E-state index in [1.54, 1.807) is 6.08 Å². The van der Waals surface area contributed by atoms with Gasteiger partial charge in [0.2, 0.25) is 0 Å². The lowest BCUT2D eigenvalue weighted by Gasteiger charge is -1.92. The molecule has 0 atom stereocenters. The Bertz CT molecular complexity index is 259. The summed E-state index contributed by atoms with van der Waals surface area (Å²) in [6.45, 7) is 5.56. The van der Waals surface area contributed by atoms with Crippen LogP contribution in [0.5, 0.6) is 0 Å². The predicted molar refractivity (Wildman–Crippen MR) is 49.4 cm³/mol. The number of para-hydroxylation sites is 1. The van der Waals surface area contributed by atoms with Gasteiger partial charge in [0, 0.05) is 5.71 Å². The highest BCUT2D eigenvalue weighted by Crippen LogP contribution is 2.09. The molecule has 1 aromatic carbocycles. The number of rotatable bonds is 2. The third kappa shape index (κ3) is 2.38. The lowest BCUT2D eigenvalue weighted by molar-refractivity contribution is 1.50. The smallest absolute Gasteiger partial charge is 0.0632 e. The maximum Gasteiger partial charge on any atom is 0.0632 e. The zero-order valence-corrected chi connectivity index (χ0v) is 6.62. The van der Waals surface area contributed by atoms with Crippen molar-refractivity contribution >= 4 is 11.4 Å². The number of benzene rings is 1. The van der Waals surface area contributed by atoms with Gasteiger partial charge >= 0.3 is 0 Å². The summed E-state index contributed by atoms with van der Waals surface area (Å²) in [5.74, 6) is 0. The van der Waals surface area contributed by atoms with E-state index < -0.39 is 0 Å². The van der Waals surface area contributed by atoms with Gasteiger partial charge in [-0.1, -0.05) is 24.8 Å². The van der Waals surface area contributed by atoms with Crippen LogP contribution in [-0.4, -0.2) is 5.71 Å². The fourth-order valence-corrected chi connectivity index (χ4v) is 0.752. The summed E-state index contributed by atoms with van der Waals surface area (Å²) in [5, 5.41) is 0. The van der Waals surface area contributed by atoms with Gasteiger partial charge in [-0.15, -0.1) is 0 Å². The lowest BCUT2D eigenvalue weighted by Crippen LogP contribution is -1.79. The lowest BCUT2D eigenvalue weighted by atomic mass is 10.3. The fraction of sp³-hybridized carbons (Fsp3) is 0.100. The van der Waals surface area contributed by atoms with Gasteiger partial charge in [0.1, 0.15) is 0 Å². The molecule has 1 nitrogen and oxygen atoms in total. The molecule has 0 unspecified atom stereocenters. The summed E-state index contributed by atoms with van der Waals surface area (Å²) in [6, 6.07) is 9.84. The van der Waals surface area contributed by atoms with Crippen molar-refractivity contribution in [2.45, 2.75) is 6.92 Å². The molecule has 1 aromatic rings. The predicted octanol–water partition coefficient (Wildman–Crippen LogP) is 2.97. The van der Waals surface area contributed by atoms with Crippen molar-refractivity contribution < 1.29 is 0 Å². The number of aliphatic imine (C=N–C) groups is 1. The Morgan fingerprint density at radius 3 is 2.55 bits per heavy atom. The molecule has 0 aliphatic heterocycles. The molecule has 0 aliphatic rings. The molecule has 0 amide bonds. The van der Waals surface area contributed by atoms with Gasteiger partial charge < -0.3 is 0 Å². The van der Waals surface area contributed by atoms with Crippen LogP contribution < -0.4 is 0 Å². The molecule has 56 valence electrons. The van der Waals surface area contributed by atoms with E-state index in [0.29, 0.717) is 0 Å². The Morgan fingerprint density at radius 2 is 2.00 bits per heavy atom. The van der Waals surface area contributed by atoms with Crippen LogP contribution in [0, 0.1) is 0 Å². The minimum absolute atomic E-state index is 0.941. The molecule has 0 radical (unpaired) electrons. The molecule has 0 saturated carbocycles. The maximum absolute atomic E-state index is 4.28. The molecule has 1 heteroatoms. The summed E-state index contributed by atoms with van der Waals surface area (Å²) in [7, 11) is 0. The molecule has 0 aromatic heterocycles. The van der Waals surface area contributed by atoms with Crippen LogP contribution in [0.1, 0.15) is 6.92 Å². The van der Waals surface area contributed by atoms with E-state index in [1.807, 2.05) is 37.3 Å². The second-order valence-corrected chi connectivity index (χ2v) is 2.29. The van der Waals surface area contributed by atoms with Crippen molar-refractivity contribution in [3.05, 3.63) is 43.0 Å². The second kappa shape index (κ2) is 3.71. The summed E-state index contributed by atoms with van der Waals surface area (Å²) < 4.78 is 0. The summed E-state index contributed by atoms with van der Waals surface area (Å²) in [5.41, 5.74) is 1.92. The molecular formula is C10H11N. The molecule has 0 N–H and O–H groups in total. The first kappa shape index (κ1) is 7.73. The Morgan fingerprint density at radius 1 is 1.36 bits per heavy atom. The van der Waals surface area contributed by atoms with Crippen molar-refractivity contribution in [1.29, 1.82) is 0 Å². The zero-order chi connectivity index (χ0) is 8.10. The average Bonchev–Trinajstić information content (AvgIpc) is 2.06. The topological polar surface area (TPSA) is 12.4 Å². The molecule has 0 aliphatic carbocycles. The van der Waals surface area contributed by atoms with Crippen molar-refractivity contribution in [2.24, 2.45) is 4.99 Å². The Hall–Kier alpha value is -1.37. The SMILES string of the molecule is C=CC(C)=Nc1ccccc1. The highest BCUT2D eigenvalue weighted by molar-refractivity contribution is 5.94. The van der Waals surface area contributed by atoms with Crippen LogP contribution >= 0.6 is 0 Å². The minimum atomic E-state index is 0.941. The van der Waals surface area contributed by atoms with E-state index in [9.17, 15) is 0 Å². The minimum Gasteiger partial charge on any atom is -0.254 e. The van der Waals surface area contributed by atoms with Gasteiger partial charge in [-0.25, -0.2) is 0 Å². The first-order valence-electron chi connectivity index (χ1n) is 3.55. The van der Waals surface area contributed by atoms with Crippen LogP contribution in [0.3, 0.4) is 0 Å². The van der Waals surface area contributed by atoms with Crippen LogP contribution in [0.4, 0.5) is 5.69 Å². The van der Waals surface area contributed by atoms with Crippen molar-refractivity contribution in [1.82, 2.24) is 0 Å². The molecule has 1 rings (SSSR count). The van der Waals surface area contributed by atoms with E-state index in [-0.39, 0.29) is 0 Å². The van der Waals surface area contributed by atoms with E-state index in [2.05, 4.69) is 11.6 Å². The molecule has 0 saturated heterocycles. The van der Waals surface area contributed by atoms with E-state index in [4.69, 9.17) is 0 Å². The Labute approximate surface area is 67.1 Å². The summed E-state index contributed by atoms with van der Waals surface area (Å²) >= 11 is 0. The van der Waals surface area contributed by atoms with Gasteiger partial charge in [-0.2, -0.15) is 0 Å². The van der Waals surface area contributed by atoms with Crippen LogP contribution in [0.15, 0.2) is 48.0 Å². The van der Waals surface area contributed by atoms with Crippen molar-refractivity contribution in [3.63, 3.8) is 0 Å². The largest absolute Gasteiger partial charge is 0.254 e. The van der Waals surface area contributed by atoms with Gasteiger partial charge in [-0.05, 0) is 25.1 Å². The van der Waals surface area contributed by atoms with Crippen molar-refractivity contribution in [3.8, 4) is 0 Å². The number of hydrogen-bond acceptors (Lipinski definition) is 1. The average molecular weight is 145 g/mol. The van der Waals surface area contributed by atoms with Crippen LogP contribution in [0.25, 0.3) is 0 Å². The molecule has 0 heterocycles. The first-order valence-corrected chi connectivity index (χ1v) is 3.55. The molecule has 0 bridgehead atoms. The normalized spacial score (nSPS) is 11.2. The summed E-state index contributed by atoms with van der Waals surface area (Å²) in [6.07, 6.45) is 1.74. The zero-order valence-electron chi connectivity index (χ0n) is 6.62. The third-order valence-electron chi connectivity index (χ3n) is 1.36.